The molecule has 198 valence electrons. The minimum absolute atomic E-state index is 0.255. The Morgan fingerprint density at radius 2 is 1.82 bits per heavy atom. The van der Waals surface area contributed by atoms with Crippen molar-refractivity contribution in [1.29, 1.82) is 0 Å². The Kier molecular flexibility index (Phi) is 8.28. The summed E-state index contributed by atoms with van der Waals surface area (Å²) < 4.78 is 34.4. The lowest BCUT2D eigenvalue weighted by molar-refractivity contribution is 0.111. The lowest BCUT2D eigenvalue weighted by atomic mass is 10.0. The van der Waals surface area contributed by atoms with Crippen molar-refractivity contribution in [2.45, 2.75) is 26.3 Å². The molecule has 2 aromatic heterocycles. The molecule has 0 spiro atoms. The number of hydrogen-bond donors (Lipinski definition) is 2. The van der Waals surface area contributed by atoms with Gasteiger partial charge in [-0.05, 0) is 23.6 Å². The molecule has 38 heavy (non-hydrogen) atoms. The van der Waals surface area contributed by atoms with Gasteiger partial charge in [-0.3, -0.25) is 14.3 Å². The average Bonchev–Trinajstić information content (AvgIpc) is 3.49. The standard InChI is InChI=1S/C27H28N4O5S2/c1-4-8-21-15-22(26(37-21)30-38(34,35)27(33)28-2)19-13-11-18(12-14-19)16-31-23(17-32)25(36-3)29-24(31)20-9-6-5-7-10-20/h5-7,9-15,17,30H,4,8,16H2,1-3H3,(H,28,33). The van der Waals surface area contributed by atoms with E-state index in [9.17, 15) is 18.0 Å². The van der Waals surface area contributed by atoms with E-state index in [0.29, 0.717) is 28.6 Å². The second-order valence-corrected chi connectivity index (χ2v) is 11.2. The normalized spacial score (nSPS) is 11.2. The van der Waals surface area contributed by atoms with Crippen molar-refractivity contribution < 1.29 is 22.7 Å². The van der Waals surface area contributed by atoms with E-state index >= 15 is 0 Å². The number of methoxy groups -OCH3 is 1. The van der Waals surface area contributed by atoms with Crippen LogP contribution >= 0.6 is 11.3 Å². The fraction of sp³-hybridized carbons (Fsp3) is 0.222. The van der Waals surface area contributed by atoms with Crippen LogP contribution in [0.1, 0.15) is 34.3 Å². The predicted molar refractivity (Wildman–Crippen MR) is 149 cm³/mol. The van der Waals surface area contributed by atoms with E-state index in [1.807, 2.05) is 72.2 Å². The van der Waals surface area contributed by atoms with E-state index in [4.69, 9.17) is 4.74 Å². The minimum Gasteiger partial charge on any atom is -0.479 e. The van der Waals surface area contributed by atoms with Gasteiger partial charge < -0.3 is 14.6 Å². The molecule has 0 unspecified atom stereocenters. The second kappa shape index (κ2) is 11.6. The number of ether oxygens (including phenoxy) is 1. The molecule has 2 heterocycles. The molecule has 9 nitrogen and oxygen atoms in total. The summed E-state index contributed by atoms with van der Waals surface area (Å²) in [5.74, 6) is 0.867. The molecule has 0 aliphatic rings. The summed E-state index contributed by atoms with van der Waals surface area (Å²) in [4.78, 5) is 29.3. The van der Waals surface area contributed by atoms with Gasteiger partial charge in [0.1, 0.15) is 16.5 Å². The molecule has 0 atom stereocenters. The molecule has 0 fully saturated rings. The quantitative estimate of drug-likeness (QED) is 0.262. The number of anilines is 1. The zero-order chi connectivity index (χ0) is 27.3. The predicted octanol–water partition coefficient (Wildman–Crippen LogP) is 5.18. The van der Waals surface area contributed by atoms with E-state index < -0.39 is 15.3 Å². The third-order valence-electron chi connectivity index (χ3n) is 5.87. The van der Waals surface area contributed by atoms with Gasteiger partial charge >= 0.3 is 15.3 Å². The first-order chi connectivity index (χ1) is 18.3. The van der Waals surface area contributed by atoms with Gasteiger partial charge in [0.15, 0.2) is 6.29 Å². The molecule has 0 saturated heterocycles. The summed E-state index contributed by atoms with van der Waals surface area (Å²) >= 11 is 1.31. The summed E-state index contributed by atoms with van der Waals surface area (Å²) in [6.45, 7) is 2.42. The average molecular weight is 553 g/mol. The molecule has 11 heteroatoms. The molecule has 0 aliphatic carbocycles. The van der Waals surface area contributed by atoms with Crippen molar-refractivity contribution in [3.8, 4) is 28.4 Å². The van der Waals surface area contributed by atoms with E-state index in [-0.39, 0.29) is 5.88 Å². The number of benzene rings is 2. The Morgan fingerprint density at radius 1 is 1.11 bits per heavy atom. The maximum absolute atomic E-state index is 12.4. The Balaban J connectivity index is 1.68. The van der Waals surface area contributed by atoms with Crippen LogP contribution in [0.2, 0.25) is 0 Å². The maximum Gasteiger partial charge on any atom is 0.356 e. The van der Waals surface area contributed by atoms with Crippen LogP contribution in [0.3, 0.4) is 0 Å². The highest BCUT2D eigenvalue weighted by atomic mass is 32.2. The highest BCUT2D eigenvalue weighted by Gasteiger charge is 2.24. The van der Waals surface area contributed by atoms with Crippen LogP contribution in [0.5, 0.6) is 5.88 Å². The van der Waals surface area contributed by atoms with Gasteiger partial charge in [0.2, 0.25) is 5.88 Å². The Bertz CT molecular complexity index is 1540. The van der Waals surface area contributed by atoms with E-state index in [1.54, 1.807) is 0 Å². The number of nitrogens with zero attached hydrogens (tertiary/aromatic N) is 2. The largest absolute Gasteiger partial charge is 0.479 e. The number of hydrogen-bond acceptors (Lipinski definition) is 7. The molecular weight excluding hydrogens is 524 g/mol. The summed E-state index contributed by atoms with van der Waals surface area (Å²) in [7, 11) is -1.48. The lowest BCUT2D eigenvalue weighted by Crippen LogP contribution is -2.31. The minimum atomic E-state index is -4.23. The van der Waals surface area contributed by atoms with Crippen molar-refractivity contribution in [3.63, 3.8) is 0 Å². The topological polar surface area (TPSA) is 119 Å². The van der Waals surface area contributed by atoms with Crippen LogP contribution in [-0.2, 0) is 23.0 Å². The van der Waals surface area contributed by atoms with Gasteiger partial charge in [0.05, 0.1) is 7.11 Å². The zero-order valence-electron chi connectivity index (χ0n) is 21.2. The Hall–Kier alpha value is -3.96. The van der Waals surface area contributed by atoms with Crippen molar-refractivity contribution >= 4 is 37.9 Å². The zero-order valence-corrected chi connectivity index (χ0v) is 22.9. The number of thiophene rings is 1. The monoisotopic (exact) mass is 552 g/mol. The van der Waals surface area contributed by atoms with Crippen molar-refractivity contribution in [2.75, 3.05) is 18.9 Å². The summed E-state index contributed by atoms with van der Waals surface area (Å²) in [6, 6.07) is 19.1. The smallest absolute Gasteiger partial charge is 0.356 e. The molecule has 4 aromatic rings. The fourth-order valence-electron chi connectivity index (χ4n) is 4.05. The maximum atomic E-state index is 12.4. The first-order valence-corrected chi connectivity index (χ1v) is 14.2. The number of imidazole rings is 1. The molecule has 2 aromatic carbocycles. The number of aldehydes is 1. The molecule has 0 aliphatic heterocycles. The van der Waals surface area contributed by atoms with Gasteiger partial charge in [-0.2, -0.15) is 13.4 Å². The van der Waals surface area contributed by atoms with Gasteiger partial charge in [-0.25, -0.2) is 0 Å². The fourth-order valence-corrected chi connectivity index (χ4v) is 6.30. The molecule has 0 bridgehead atoms. The number of aryl methyl sites for hydroxylation is 1. The number of sulfonamides is 1. The number of rotatable bonds is 10. The van der Waals surface area contributed by atoms with Crippen LogP contribution in [0.15, 0.2) is 60.7 Å². The highest BCUT2D eigenvalue weighted by molar-refractivity contribution is 8.07. The molecule has 4 rings (SSSR count). The van der Waals surface area contributed by atoms with E-state index in [0.717, 1.165) is 40.7 Å². The van der Waals surface area contributed by atoms with Gasteiger partial charge in [0, 0.05) is 29.6 Å². The summed E-state index contributed by atoms with van der Waals surface area (Å²) in [6.07, 6.45) is 2.42. The number of carbonyl (C=O) groups excluding carboxylic acids is 2. The van der Waals surface area contributed by atoms with Crippen LogP contribution in [0.4, 0.5) is 9.80 Å². The summed E-state index contributed by atoms with van der Waals surface area (Å²) in [5, 5.41) is 1.44. The van der Waals surface area contributed by atoms with Crippen molar-refractivity contribution in [2.24, 2.45) is 0 Å². The lowest BCUT2D eigenvalue weighted by Gasteiger charge is -2.11. The molecule has 0 radical (unpaired) electrons. The molecule has 0 saturated carbocycles. The SMILES string of the molecule is CCCc1cc(-c2ccc(Cn3c(-c4ccccc4)nc(OC)c3C=O)cc2)c(NS(=O)(=O)C(=O)NC)s1. The molecular formula is C27H28N4O5S2. The Labute approximate surface area is 225 Å². The number of nitrogens with one attached hydrogen (secondary N) is 2. The third kappa shape index (κ3) is 5.63. The van der Waals surface area contributed by atoms with Gasteiger partial charge in [0.25, 0.3) is 0 Å². The number of amides is 1. The van der Waals surface area contributed by atoms with Gasteiger partial charge in [-0.1, -0.05) is 67.9 Å². The van der Waals surface area contributed by atoms with Crippen LogP contribution in [-0.4, -0.2) is 43.7 Å². The van der Waals surface area contributed by atoms with Gasteiger partial charge in [-0.15, -0.1) is 11.3 Å². The third-order valence-corrected chi connectivity index (χ3v) is 8.27. The highest BCUT2D eigenvalue weighted by Crippen LogP contribution is 2.38. The number of aromatic nitrogens is 2. The van der Waals surface area contributed by atoms with Crippen LogP contribution in [0, 0.1) is 0 Å². The summed E-state index contributed by atoms with van der Waals surface area (Å²) in [5.41, 5.74) is 3.59. The molecule has 1 amide bonds. The van der Waals surface area contributed by atoms with Crippen LogP contribution < -0.4 is 14.8 Å². The first-order valence-electron chi connectivity index (χ1n) is 11.9. The van der Waals surface area contributed by atoms with Crippen molar-refractivity contribution in [1.82, 2.24) is 14.9 Å². The van der Waals surface area contributed by atoms with Crippen molar-refractivity contribution in [3.05, 3.63) is 76.8 Å². The van der Waals surface area contributed by atoms with E-state index in [1.165, 1.54) is 25.5 Å². The van der Waals surface area contributed by atoms with Crippen LogP contribution in [0.25, 0.3) is 22.5 Å². The molecule has 2 N–H and O–H groups in total. The number of carbonyl (C=O) groups is 2. The second-order valence-electron chi connectivity index (χ2n) is 8.45. The first kappa shape index (κ1) is 27.1. The van der Waals surface area contributed by atoms with E-state index in [2.05, 4.69) is 15.0 Å². The Morgan fingerprint density at radius 3 is 2.42 bits per heavy atom.